The van der Waals surface area contributed by atoms with E-state index in [1.807, 2.05) is 54.6 Å². The van der Waals surface area contributed by atoms with Crippen molar-refractivity contribution in [2.75, 3.05) is 0 Å². The van der Waals surface area contributed by atoms with E-state index in [2.05, 4.69) is 88.1 Å². The topological polar surface area (TPSA) is 26.9 Å². The molecule has 0 spiro atoms. The summed E-state index contributed by atoms with van der Waals surface area (Å²) in [6.45, 7) is 0. The van der Waals surface area contributed by atoms with Crippen LogP contribution in [0.2, 0.25) is 0 Å². The monoisotopic (exact) mass is 462 g/mol. The average molecular weight is 463 g/mol. The van der Waals surface area contributed by atoms with Crippen LogP contribution < -0.4 is 0 Å². The second-order valence-electron chi connectivity index (χ2n) is 9.01. The van der Waals surface area contributed by atoms with Gasteiger partial charge in [-0.1, -0.05) is 84.9 Å². The summed E-state index contributed by atoms with van der Waals surface area (Å²) < 4.78 is 4.52. The summed E-state index contributed by atoms with van der Waals surface area (Å²) in [7, 11) is 0. The molecule has 7 rings (SSSR count). The van der Waals surface area contributed by atoms with Gasteiger partial charge in [-0.3, -0.25) is 4.79 Å². The molecule has 7 aromatic rings. The Bertz CT molecular complexity index is 1890. The zero-order valence-electron chi connectivity index (χ0n) is 19.5. The number of carbonyl (C=O) groups excluding carboxylic acids is 1. The van der Waals surface area contributed by atoms with Crippen molar-refractivity contribution in [1.82, 2.24) is 9.13 Å². The van der Waals surface area contributed by atoms with Gasteiger partial charge in [0.25, 0.3) is 0 Å². The van der Waals surface area contributed by atoms with E-state index in [9.17, 15) is 4.79 Å². The molecule has 2 aromatic heterocycles. The molecule has 36 heavy (non-hydrogen) atoms. The number of ketones is 1. The Labute approximate surface area is 208 Å². The maximum atomic E-state index is 13.3. The first-order valence-electron chi connectivity index (χ1n) is 12.1. The van der Waals surface area contributed by atoms with Crippen molar-refractivity contribution < 1.29 is 4.79 Å². The molecule has 3 nitrogen and oxygen atoms in total. The number of carbonyl (C=O) groups is 1. The van der Waals surface area contributed by atoms with E-state index < -0.39 is 0 Å². The maximum absolute atomic E-state index is 13.3. The van der Waals surface area contributed by atoms with E-state index in [-0.39, 0.29) is 5.78 Å². The van der Waals surface area contributed by atoms with Gasteiger partial charge in [0.05, 0.1) is 16.6 Å². The molecule has 0 radical (unpaired) electrons. The zero-order chi connectivity index (χ0) is 24.1. The van der Waals surface area contributed by atoms with Gasteiger partial charge < -0.3 is 9.13 Å². The minimum atomic E-state index is 0.0265. The first kappa shape index (κ1) is 20.5. The average Bonchev–Trinajstić information content (AvgIpc) is 3.53. The smallest absolute Gasteiger partial charge is 0.193 e. The third kappa shape index (κ3) is 3.10. The van der Waals surface area contributed by atoms with E-state index in [1.165, 1.54) is 16.2 Å². The fraction of sp³-hybridized carbons (Fsp3) is 0. The van der Waals surface area contributed by atoms with Gasteiger partial charge in [-0.2, -0.15) is 0 Å². The molecule has 3 heteroatoms. The van der Waals surface area contributed by atoms with E-state index in [0.717, 1.165) is 27.9 Å². The molecular formula is C33H22N2O. The first-order valence-corrected chi connectivity index (χ1v) is 12.1. The van der Waals surface area contributed by atoms with Crippen LogP contribution in [-0.2, 0) is 0 Å². The third-order valence-corrected chi connectivity index (χ3v) is 6.94. The molecule has 0 aliphatic carbocycles. The summed E-state index contributed by atoms with van der Waals surface area (Å²) in [6.07, 6.45) is 2.14. The summed E-state index contributed by atoms with van der Waals surface area (Å²) >= 11 is 0. The number of benzene rings is 5. The molecule has 0 fully saturated rings. The van der Waals surface area contributed by atoms with Crippen LogP contribution in [-0.4, -0.2) is 14.9 Å². The van der Waals surface area contributed by atoms with Crippen molar-refractivity contribution in [3.8, 4) is 11.4 Å². The van der Waals surface area contributed by atoms with Crippen LogP contribution in [0.1, 0.15) is 15.9 Å². The largest absolute Gasteiger partial charge is 0.316 e. The van der Waals surface area contributed by atoms with Crippen LogP contribution in [0.5, 0.6) is 0 Å². The third-order valence-electron chi connectivity index (χ3n) is 6.94. The van der Waals surface area contributed by atoms with E-state index >= 15 is 0 Å². The molecule has 5 aromatic carbocycles. The van der Waals surface area contributed by atoms with Gasteiger partial charge >= 0.3 is 0 Å². The van der Waals surface area contributed by atoms with Gasteiger partial charge in [-0.15, -0.1) is 0 Å². The number of hydrogen-bond acceptors (Lipinski definition) is 1. The SMILES string of the molecule is O=C(c1ccccc1)c1cccc(-n2c3ccccc3c3ccc4c(ccn4-c4ccccc4)c32)c1. The van der Waals surface area contributed by atoms with Gasteiger partial charge in [0.15, 0.2) is 5.78 Å². The summed E-state index contributed by atoms with van der Waals surface area (Å²) in [6, 6.07) is 42.9. The number of aromatic nitrogens is 2. The molecular weight excluding hydrogens is 440 g/mol. The Morgan fingerprint density at radius 2 is 1.19 bits per heavy atom. The molecule has 0 aliphatic heterocycles. The molecule has 2 heterocycles. The van der Waals surface area contributed by atoms with Crippen molar-refractivity contribution in [2.24, 2.45) is 0 Å². The number of hydrogen-bond donors (Lipinski definition) is 0. The van der Waals surface area contributed by atoms with Crippen LogP contribution in [0.3, 0.4) is 0 Å². The second-order valence-corrected chi connectivity index (χ2v) is 9.01. The number of fused-ring (bicyclic) bond motifs is 5. The van der Waals surface area contributed by atoms with Crippen molar-refractivity contribution in [3.05, 3.63) is 145 Å². The summed E-state index contributed by atoms with van der Waals surface area (Å²) in [5.41, 5.74) is 6.89. The Morgan fingerprint density at radius 1 is 0.500 bits per heavy atom. The minimum absolute atomic E-state index is 0.0265. The molecule has 0 amide bonds. The fourth-order valence-electron chi connectivity index (χ4n) is 5.30. The lowest BCUT2D eigenvalue weighted by molar-refractivity contribution is 0.103. The quantitative estimate of drug-likeness (QED) is 0.244. The second kappa shape index (κ2) is 8.10. The highest BCUT2D eigenvalue weighted by molar-refractivity contribution is 6.18. The van der Waals surface area contributed by atoms with Gasteiger partial charge in [0.2, 0.25) is 0 Å². The predicted molar refractivity (Wildman–Crippen MR) is 147 cm³/mol. The van der Waals surface area contributed by atoms with Gasteiger partial charge in [-0.25, -0.2) is 0 Å². The van der Waals surface area contributed by atoms with Crippen LogP contribution in [0.15, 0.2) is 134 Å². The lowest BCUT2D eigenvalue weighted by atomic mass is 10.0. The molecule has 170 valence electrons. The first-order chi connectivity index (χ1) is 17.8. The standard InChI is InChI=1S/C33H22N2O/c36-33(23-10-3-1-4-11-23)24-12-9-15-26(22-24)35-31-17-8-7-16-27(31)28-18-19-30-29(32(28)35)20-21-34(30)25-13-5-2-6-14-25/h1-22H. The minimum Gasteiger partial charge on any atom is -0.316 e. The molecule has 0 aliphatic rings. The van der Waals surface area contributed by atoms with E-state index in [4.69, 9.17) is 0 Å². The highest BCUT2D eigenvalue weighted by Gasteiger charge is 2.18. The summed E-state index contributed by atoms with van der Waals surface area (Å²) in [5, 5.41) is 3.57. The van der Waals surface area contributed by atoms with Gasteiger partial charge in [0, 0.05) is 44.9 Å². The van der Waals surface area contributed by atoms with Crippen LogP contribution >= 0.6 is 0 Å². The zero-order valence-corrected chi connectivity index (χ0v) is 19.5. The van der Waals surface area contributed by atoms with Crippen LogP contribution in [0.25, 0.3) is 44.1 Å². The van der Waals surface area contributed by atoms with Crippen molar-refractivity contribution in [1.29, 1.82) is 0 Å². The molecule has 0 bridgehead atoms. The number of rotatable bonds is 4. The number of nitrogens with zero attached hydrogens (tertiary/aromatic N) is 2. The summed E-state index contributed by atoms with van der Waals surface area (Å²) in [5.74, 6) is 0.0265. The maximum Gasteiger partial charge on any atom is 0.193 e. The lowest BCUT2D eigenvalue weighted by Crippen LogP contribution is -2.03. The number of para-hydroxylation sites is 2. The van der Waals surface area contributed by atoms with Crippen molar-refractivity contribution in [2.45, 2.75) is 0 Å². The van der Waals surface area contributed by atoms with Gasteiger partial charge in [-0.05, 0) is 42.5 Å². The predicted octanol–water partition coefficient (Wildman–Crippen LogP) is 7.96. The Morgan fingerprint density at radius 3 is 2.03 bits per heavy atom. The Kier molecular flexibility index (Phi) is 4.61. The Balaban J connectivity index is 1.51. The molecule has 0 unspecified atom stereocenters. The molecule has 0 N–H and O–H groups in total. The van der Waals surface area contributed by atoms with Crippen LogP contribution in [0, 0.1) is 0 Å². The van der Waals surface area contributed by atoms with E-state index in [1.54, 1.807) is 0 Å². The van der Waals surface area contributed by atoms with E-state index in [0.29, 0.717) is 11.1 Å². The molecule has 0 atom stereocenters. The highest BCUT2D eigenvalue weighted by Crippen LogP contribution is 2.37. The highest BCUT2D eigenvalue weighted by atomic mass is 16.1. The summed E-state index contributed by atoms with van der Waals surface area (Å²) in [4.78, 5) is 13.3. The van der Waals surface area contributed by atoms with Crippen molar-refractivity contribution >= 4 is 38.5 Å². The van der Waals surface area contributed by atoms with Crippen molar-refractivity contribution in [3.63, 3.8) is 0 Å². The molecule has 0 saturated heterocycles. The van der Waals surface area contributed by atoms with Crippen LogP contribution in [0.4, 0.5) is 0 Å². The normalized spacial score (nSPS) is 11.4. The van der Waals surface area contributed by atoms with Gasteiger partial charge in [0.1, 0.15) is 0 Å². The lowest BCUT2D eigenvalue weighted by Gasteiger charge is -2.11. The fourth-order valence-corrected chi connectivity index (χ4v) is 5.30. The molecule has 0 saturated carbocycles. The Hall–Kier alpha value is -4.89.